The van der Waals surface area contributed by atoms with Gasteiger partial charge in [-0.1, -0.05) is 30.3 Å². The molecule has 0 saturated carbocycles. The van der Waals surface area contributed by atoms with Crippen molar-refractivity contribution in [3.8, 4) is 0 Å². The summed E-state index contributed by atoms with van der Waals surface area (Å²) < 4.78 is 5.07. The van der Waals surface area contributed by atoms with Crippen molar-refractivity contribution >= 4 is 11.3 Å². The van der Waals surface area contributed by atoms with Crippen LogP contribution in [0.15, 0.2) is 41.8 Å². The summed E-state index contributed by atoms with van der Waals surface area (Å²) in [6.45, 7) is 0.574. The Morgan fingerprint density at radius 2 is 2.19 bits per heavy atom. The van der Waals surface area contributed by atoms with Crippen LogP contribution >= 0.6 is 11.3 Å². The van der Waals surface area contributed by atoms with Crippen LogP contribution in [-0.2, 0) is 11.3 Å². The van der Waals surface area contributed by atoms with E-state index in [-0.39, 0.29) is 0 Å². The van der Waals surface area contributed by atoms with E-state index in [1.54, 1.807) is 18.4 Å². The number of thiophene rings is 1. The highest BCUT2D eigenvalue weighted by Gasteiger charge is 2.11. The highest BCUT2D eigenvalue weighted by Crippen LogP contribution is 2.26. The number of aliphatic hydroxyl groups excluding tert-OH is 1. The van der Waals surface area contributed by atoms with E-state index in [4.69, 9.17) is 4.74 Å². The van der Waals surface area contributed by atoms with Crippen molar-refractivity contribution in [1.29, 1.82) is 0 Å². The molecule has 2 nitrogen and oxygen atoms in total. The van der Waals surface area contributed by atoms with Crippen molar-refractivity contribution in [2.24, 2.45) is 0 Å². The van der Waals surface area contributed by atoms with Crippen molar-refractivity contribution in [2.75, 3.05) is 7.11 Å². The Kier molecular flexibility index (Phi) is 3.72. The largest absolute Gasteiger partial charge is 0.383 e. The van der Waals surface area contributed by atoms with Crippen molar-refractivity contribution in [3.63, 3.8) is 0 Å². The summed E-state index contributed by atoms with van der Waals surface area (Å²) in [5.41, 5.74) is 1.99. The molecule has 0 bridgehead atoms. The van der Waals surface area contributed by atoms with Gasteiger partial charge in [0.05, 0.1) is 6.61 Å². The first-order valence-electron chi connectivity index (χ1n) is 5.10. The lowest BCUT2D eigenvalue weighted by Gasteiger charge is -2.10. The monoisotopic (exact) mass is 234 g/mol. The Morgan fingerprint density at radius 3 is 2.88 bits per heavy atom. The first kappa shape index (κ1) is 11.3. The second kappa shape index (κ2) is 5.25. The van der Waals surface area contributed by atoms with Gasteiger partial charge >= 0.3 is 0 Å². The summed E-state index contributed by atoms with van der Waals surface area (Å²) in [6, 6.07) is 11.7. The maximum Gasteiger partial charge on any atom is 0.113 e. The molecule has 84 valence electrons. The average molecular weight is 234 g/mol. The standard InChI is InChI=1S/C13H14O2S/c1-15-9-10-4-2-5-11(8-10)13(14)12-6-3-7-16-12/h2-8,13-14H,9H2,1H3. The van der Waals surface area contributed by atoms with Gasteiger partial charge in [0.2, 0.25) is 0 Å². The predicted molar refractivity (Wildman–Crippen MR) is 65.5 cm³/mol. The minimum atomic E-state index is -0.531. The fourth-order valence-corrected chi connectivity index (χ4v) is 2.37. The first-order valence-corrected chi connectivity index (χ1v) is 5.98. The van der Waals surface area contributed by atoms with Crippen LogP contribution in [-0.4, -0.2) is 12.2 Å². The molecule has 1 unspecified atom stereocenters. The number of ether oxygens (including phenoxy) is 1. The van der Waals surface area contributed by atoms with E-state index in [2.05, 4.69) is 0 Å². The molecule has 1 aromatic heterocycles. The molecule has 0 fully saturated rings. The van der Waals surface area contributed by atoms with Gasteiger partial charge in [0, 0.05) is 12.0 Å². The zero-order chi connectivity index (χ0) is 11.4. The molecule has 3 heteroatoms. The number of rotatable bonds is 4. The Morgan fingerprint density at radius 1 is 1.31 bits per heavy atom. The summed E-state index contributed by atoms with van der Waals surface area (Å²) >= 11 is 1.56. The molecule has 0 aliphatic rings. The van der Waals surface area contributed by atoms with Crippen LogP contribution in [0.1, 0.15) is 22.1 Å². The van der Waals surface area contributed by atoms with Crippen molar-refractivity contribution in [2.45, 2.75) is 12.7 Å². The molecular formula is C13H14O2S. The number of hydrogen-bond acceptors (Lipinski definition) is 3. The molecule has 0 aliphatic carbocycles. The van der Waals surface area contributed by atoms with Crippen LogP contribution in [0.2, 0.25) is 0 Å². The lowest BCUT2D eigenvalue weighted by molar-refractivity contribution is 0.184. The van der Waals surface area contributed by atoms with E-state index in [0.29, 0.717) is 6.61 Å². The molecule has 1 N–H and O–H groups in total. The van der Waals surface area contributed by atoms with Gasteiger partial charge in [0.25, 0.3) is 0 Å². The normalized spacial score (nSPS) is 12.6. The fraction of sp³-hybridized carbons (Fsp3) is 0.231. The third-order valence-corrected chi connectivity index (χ3v) is 3.32. The lowest BCUT2D eigenvalue weighted by Crippen LogP contribution is -1.98. The van der Waals surface area contributed by atoms with Crippen molar-refractivity contribution < 1.29 is 9.84 Å². The number of benzene rings is 1. The highest BCUT2D eigenvalue weighted by molar-refractivity contribution is 7.10. The molecular weight excluding hydrogens is 220 g/mol. The fourth-order valence-electron chi connectivity index (χ4n) is 1.63. The topological polar surface area (TPSA) is 29.5 Å². The SMILES string of the molecule is COCc1cccc(C(O)c2cccs2)c1. The van der Waals surface area contributed by atoms with Gasteiger partial charge in [0.1, 0.15) is 6.10 Å². The first-order chi connectivity index (χ1) is 7.81. The van der Waals surface area contributed by atoms with E-state index in [0.717, 1.165) is 16.0 Å². The minimum Gasteiger partial charge on any atom is -0.383 e. The van der Waals surface area contributed by atoms with Crippen LogP contribution in [0.3, 0.4) is 0 Å². The summed E-state index contributed by atoms with van der Waals surface area (Å²) in [5, 5.41) is 12.1. The molecule has 0 amide bonds. The second-order valence-electron chi connectivity index (χ2n) is 3.60. The molecule has 0 aliphatic heterocycles. The predicted octanol–water partition coefficient (Wildman–Crippen LogP) is 2.98. The number of hydrogen-bond donors (Lipinski definition) is 1. The second-order valence-corrected chi connectivity index (χ2v) is 4.58. The van der Waals surface area contributed by atoms with Gasteiger partial charge in [-0.2, -0.15) is 0 Å². The van der Waals surface area contributed by atoms with Gasteiger partial charge in [-0.15, -0.1) is 11.3 Å². The Labute approximate surface area is 99.1 Å². The van der Waals surface area contributed by atoms with Crippen molar-refractivity contribution in [3.05, 3.63) is 57.8 Å². The third-order valence-electron chi connectivity index (χ3n) is 2.39. The van der Waals surface area contributed by atoms with Crippen LogP contribution in [0.25, 0.3) is 0 Å². The van der Waals surface area contributed by atoms with Crippen LogP contribution in [0.5, 0.6) is 0 Å². The van der Waals surface area contributed by atoms with E-state index in [9.17, 15) is 5.11 Å². The van der Waals surface area contributed by atoms with Gasteiger partial charge in [0.15, 0.2) is 0 Å². The van der Waals surface area contributed by atoms with Crippen LogP contribution in [0.4, 0.5) is 0 Å². The molecule has 1 heterocycles. The van der Waals surface area contributed by atoms with Gasteiger partial charge < -0.3 is 9.84 Å². The van der Waals surface area contributed by atoms with E-state index < -0.39 is 6.10 Å². The molecule has 0 saturated heterocycles. The van der Waals surface area contributed by atoms with Gasteiger partial charge in [-0.05, 0) is 22.6 Å². The number of aliphatic hydroxyl groups is 1. The molecule has 0 spiro atoms. The summed E-state index contributed by atoms with van der Waals surface area (Å²) in [6.07, 6.45) is -0.531. The molecule has 0 radical (unpaired) electrons. The summed E-state index contributed by atoms with van der Waals surface area (Å²) in [7, 11) is 1.67. The molecule has 1 atom stereocenters. The van der Waals surface area contributed by atoms with Gasteiger partial charge in [-0.25, -0.2) is 0 Å². The van der Waals surface area contributed by atoms with E-state index in [1.807, 2.05) is 41.8 Å². The highest BCUT2D eigenvalue weighted by atomic mass is 32.1. The van der Waals surface area contributed by atoms with E-state index >= 15 is 0 Å². The Balaban J connectivity index is 2.23. The lowest BCUT2D eigenvalue weighted by atomic mass is 10.1. The summed E-state index contributed by atoms with van der Waals surface area (Å²) in [5.74, 6) is 0. The van der Waals surface area contributed by atoms with Crippen molar-refractivity contribution in [1.82, 2.24) is 0 Å². The smallest absolute Gasteiger partial charge is 0.113 e. The zero-order valence-corrected chi connectivity index (χ0v) is 9.91. The zero-order valence-electron chi connectivity index (χ0n) is 9.09. The Bertz CT molecular complexity index is 437. The number of methoxy groups -OCH3 is 1. The molecule has 1 aromatic carbocycles. The molecule has 2 aromatic rings. The van der Waals surface area contributed by atoms with Crippen LogP contribution < -0.4 is 0 Å². The van der Waals surface area contributed by atoms with E-state index in [1.165, 1.54) is 0 Å². The minimum absolute atomic E-state index is 0.531. The van der Waals surface area contributed by atoms with Crippen LogP contribution in [0, 0.1) is 0 Å². The molecule has 2 rings (SSSR count). The van der Waals surface area contributed by atoms with Gasteiger partial charge in [-0.3, -0.25) is 0 Å². The third kappa shape index (κ3) is 2.50. The Hall–Kier alpha value is -1.16. The maximum absolute atomic E-state index is 10.1. The average Bonchev–Trinajstić information content (AvgIpc) is 2.82. The maximum atomic E-state index is 10.1. The quantitative estimate of drug-likeness (QED) is 0.881. The summed E-state index contributed by atoms with van der Waals surface area (Å²) in [4.78, 5) is 0.967. The molecule has 16 heavy (non-hydrogen) atoms.